The molecule has 0 saturated heterocycles. The Morgan fingerprint density at radius 3 is 2.35 bits per heavy atom. The number of hydrogen-bond acceptors (Lipinski definition) is 0. The predicted molar refractivity (Wildman–Crippen MR) is 96.0 cm³/mol. The highest BCUT2D eigenvalue weighted by Crippen LogP contribution is 2.37. The molecule has 0 aliphatic heterocycles. The molecule has 0 unspecified atom stereocenters. The maximum absolute atomic E-state index is 6.81. The molecule has 1 saturated carbocycles. The molecule has 0 bridgehead atoms. The van der Waals surface area contributed by atoms with E-state index in [9.17, 15) is 0 Å². The Kier molecular flexibility index (Phi) is 5.20. The normalized spacial score (nSPS) is 19.1. The third-order valence-electron chi connectivity index (χ3n) is 4.30. The van der Waals surface area contributed by atoms with Crippen LogP contribution in [0.2, 0.25) is 25.7 Å². The van der Waals surface area contributed by atoms with Crippen LogP contribution in [0.3, 0.4) is 0 Å². The number of aryl methyl sites for hydroxylation is 1. The molecule has 20 heavy (non-hydrogen) atoms. The fourth-order valence-corrected chi connectivity index (χ4v) is 6.26. The average Bonchev–Trinajstić information content (AvgIpc) is 2.36. The Labute approximate surface area is 133 Å². The molecule has 2 rings (SSSR count). The molecule has 0 heterocycles. The first-order chi connectivity index (χ1) is 9.28. The monoisotopic (exact) mass is 322 g/mol. The number of alkyl halides is 1. The van der Waals surface area contributed by atoms with Crippen molar-refractivity contribution >= 4 is 39.6 Å². The van der Waals surface area contributed by atoms with Gasteiger partial charge in [0.1, 0.15) is 0 Å². The molecule has 2 radical (unpaired) electrons. The van der Waals surface area contributed by atoms with Crippen LogP contribution in [-0.2, 0) is 0 Å². The third-order valence-corrected chi connectivity index (χ3v) is 8.61. The minimum Gasteiger partial charge on any atom is -0.120 e. The molecule has 0 amide bonds. The van der Waals surface area contributed by atoms with Gasteiger partial charge in [0, 0.05) is 4.87 Å². The first-order valence-electron chi connectivity index (χ1n) is 7.84. The number of hydrogen-bond donors (Lipinski definition) is 0. The Morgan fingerprint density at radius 2 is 1.75 bits per heavy atom. The molecule has 110 valence electrons. The summed E-state index contributed by atoms with van der Waals surface area (Å²) in [5.74, 6) is 0. The van der Waals surface area contributed by atoms with Crippen molar-refractivity contribution < 1.29 is 0 Å². The van der Waals surface area contributed by atoms with Gasteiger partial charge in [-0.05, 0) is 25.8 Å². The zero-order valence-corrected chi connectivity index (χ0v) is 16.1. The number of halogens is 1. The summed E-state index contributed by atoms with van der Waals surface area (Å²) in [7, 11) is -0.343. The topological polar surface area (TPSA) is 0 Å². The van der Waals surface area contributed by atoms with Gasteiger partial charge < -0.3 is 0 Å². The fourth-order valence-electron chi connectivity index (χ4n) is 2.94. The number of benzene rings is 1. The predicted octanol–water partition coefficient (Wildman–Crippen LogP) is 4.23. The molecule has 0 aromatic heterocycles. The van der Waals surface area contributed by atoms with E-state index in [1.54, 1.807) is 5.19 Å². The van der Waals surface area contributed by atoms with Crippen molar-refractivity contribution in [2.45, 2.75) is 69.6 Å². The van der Waals surface area contributed by atoms with Gasteiger partial charge in [0.25, 0.3) is 0 Å². The van der Waals surface area contributed by atoms with E-state index in [1.165, 1.54) is 48.9 Å². The van der Waals surface area contributed by atoms with Crippen LogP contribution in [0.15, 0.2) is 18.2 Å². The van der Waals surface area contributed by atoms with Crippen molar-refractivity contribution in [3.05, 3.63) is 23.8 Å². The van der Waals surface area contributed by atoms with E-state index in [0.29, 0.717) is 0 Å². The standard InChI is InChI=1S/C17H27ClSi2/c1-14-10-15(12-16(11-14)20(2,3)4)19-13-17(18)8-6-5-7-9-17/h10-12H,5-9,13H2,1-4H3. The lowest BCUT2D eigenvalue weighted by molar-refractivity contribution is 0.414. The first-order valence-corrected chi connectivity index (χ1v) is 12.9. The van der Waals surface area contributed by atoms with Crippen molar-refractivity contribution in [3.8, 4) is 0 Å². The van der Waals surface area contributed by atoms with Crippen molar-refractivity contribution in [1.29, 1.82) is 0 Å². The molecule has 1 fully saturated rings. The Morgan fingerprint density at radius 1 is 1.10 bits per heavy atom. The second-order valence-electron chi connectivity index (χ2n) is 7.40. The Bertz CT molecular complexity index is 457. The van der Waals surface area contributed by atoms with Crippen molar-refractivity contribution in [2.75, 3.05) is 0 Å². The van der Waals surface area contributed by atoms with Crippen LogP contribution in [0.4, 0.5) is 0 Å². The quantitative estimate of drug-likeness (QED) is 0.575. The van der Waals surface area contributed by atoms with Crippen LogP contribution >= 0.6 is 11.6 Å². The first kappa shape index (κ1) is 16.3. The molecule has 0 nitrogen and oxygen atoms in total. The molecule has 0 atom stereocenters. The lowest BCUT2D eigenvalue weighted by Crippen LogP contribution is -2.40. The van der Waals surface area contributed by atoms with Gasteiger partial charge in [-0.3, -0.25) is 0 Å². The molecular formula is C17H27ClSi2. The summed E-state index contributed by atoms with van der Waals surface area (Å²) in [4.78, 5) is 0.0970. The van der Waals surface area contributed by atoms with E-state index >= 15 is 0 Å². The molecule has 1 aliphatic rings. The van der Waals surface area contributed by atoms with Gasteiger partial charge in [-0.1, -0.05) is 73.0 Å². The lowest BCUT2D eigenvalue weighted by Gasteiger charge is -2.31. The largest absolute Gasteiger partial charge is 0.120 e. The van der Waals surface area contributed by atoms with Crippen LogP contribution in [0.1, 0.15) is 37.7 Å². The van der Waals surface area contributed by atoms with Crippen LogP contribution in [0.25, 0.3) is 0 Å². The average molecular weight is 323 g/mol. The summed E-state index contributed by atoms with van der Waals surface area (Å²) in [6, 6.07) is 8.38. The van der Waals surface area contributed by atoms with Gasteiger partial charge in [0.2, 0.25) is 0 Å². The summed E-state index contributed by atoms with van der Waals surface area (Å²) >= 11 is 6.81. The van der Waals surface area contributed by atoms with Crippen molar-refractivity contribution in [3.63, 3.8) is 0 Å². The molecule has 0 N–H and O–H groups in total. The van der Waals surface area contributed by atoms with Crippen LogP contribution in [-0.4, -0.2) is 22.5 Å². The maximum atomic E-state index is 6.81. The van der Waals surface area contributed by atoms with Crippen molar-refractivity contribution in [2.24, 2.45) is 0 Å². The van der Waals surface area contributed by atoms with Crippen LogP contribution in [0.5, 0.6) is 0 Å². The zero-order valence-electron chi connectivity index (χ0n) is 13.4. The second-order valence-corrected chi connectivity index (χ2v) is 14.6. The smallest absolute Gasteiger partial charge is 0.0826 e. The summed E-state index contributed by atoms with van der Waals surface area (Å²) in [6.07, 6.45) is 6.45. The second kappa shape index (κ2) is 6.37. The summed E-state index contributed by atoms with van der Waals surface area (Å²) in [6.45, 7) is 9.52. The third kappa shape index (κ3) is 4.47. The van der Waals surface area contributed by atoms with E-state index in [1.807, 2.05) is 0 Å². The van der Waals surface area contributed by atoms with E-state index in [-0.39, 0.29) is 4.87 Å². The maximum Gasteiger partial charge on any atom is 0.0826 e. The van der Waals surface area contributed by atoms with Crippen molar-refractivity contribution in [1.82, 2.24) is 0 Å². The summed E-state index contributed by atoms with van der Waals surface area (Å²) in [5, 5.41) is 3.11. The van der Waals surface area contributed by atoms with Crippen LogP contribution < -0.4 is 10.4 Å². The molecular weight excluding hydrogens is 296 g/mol. The molecule has 1 aliphatic carbocycles. The fraction of sp³-hybridized carbons (Fsp3) is 0.647. The Hall–Kier alpha value is -0.0562. The highest BCUT2D eigenvalue weighted by molar-refractivity contribution is 6.89. The van der Waals surface area contributed by atoms with Crippen LogP contribution in [0, 0.1) is 6.92 Å². The van der Waals surface area contributed by atoms with Gasteiger partial charge in [-0.2, -0.15) is 0 Å². The summed E-state index contributed by atoms with van der Waals surface area (Å²) < 4.78 is 0. The lowest BCUT2D eigenvalue weighted by atomic mass is 9.90. The minimum atomic E-state index is -1.21. The van der Waals surface area contributed by atoms with Gasteiger partial charge in [0.15, 0.2) is 0 Å². The van der Waals surface area contributed by atoms with E-state index < -0.39 is 8.07 Å². The summed E-state index contributed by atoms with van der Waals surface area (Å²) in [5.41, 5.74) is 1.42. The number of rotatable bonds is 4. The van der Waals surface area contributed by atoms with Gasteiger partial charge in [0.05, 0.1) is 17.6 Å². The van der Waals surface area contributed by atoms with E-state index in [0.717, 1.165) is 9.52 Å². The Balaban J connectivity index is 2.07. The van der Waals surface area contributed by atoms with Gasteiger partial charge in [-0.15, -0.1) is 11.6 Å². The van der Waals surface area contributed by atoms with E-state index in [4.69, 9.17) is 11.6 Å². The molecule has 0 spiro atoms. The minimum absolute atomic E-state index is 0.0970. The SMILES string of the molecule is Cc1cc([Si]CC2(Cl)CCCCC2)cc([Si](C)(C)C)c1. The molecule has 1 aromatic rings. The zero-order chi connectivity index (χ0) is 14.8. The highest BCUT2D eigenvalue weighted by Gasteiger charge is 2.29. The molecule has 3 heteroatoms. The van der Waals surface area contributed by atoms with E-state index in [2.05, 4.69) is 44.8 Å². The van der Waals surface area contributed by atoms with Gasteiger partial charge in [-0.25, -0.2) is 0 Å². The van der Waals surface area contributed by atoms with Gasteiger partial charge >= 0.3 is 0 Å². The molecule has 1 aromatic carbocycles. The highest BCUT2D eigenvalue weighted by atomic mass is 35.5.